The van der Waals surface area contributed by atoms with Crippen LogP contribution in [0.5, 0.6) is 5.75 Å². The maximum absolute atomic E-state index is 10.6. The Kier molecular flexibility index (Phi) is 8.65. The number of hydrogen-bond donors (Lipinski definition) is 2. The van der Waals surface area contributed by atoms with Crippen molar-refractivity contribution >= 4 is 29.7 Å². The van der Waals surface area contributed by atoms with E-state index in [1.165, 1.54) is 24.3 Å². The van der Waals surface area contributed by atoms with E-state index in [-0.39, 0.29) is 30.7 Å². The molecule has 0 aliphatic rings. The lowest BCUT2D eigenvalue weighted by atomic mass is 10.1. The van der Waals surface area contributed by atoms with Crippen molar-refractivity contribution < 1.29 is 14.8 Å². The van der Waals surface area contributed by atoms with E-state index in [4.69, 9.17) is 16.3 Å². The van der Waals surface area contributed by atoms with Gasteiger partial charge in [0, 0.05) is 29.7 Å². The smallest absolute Gasteiger partial charge is 0.269 e. The van der Waals surface area contributed by atoms with Gasteiger partial charge >= 0.3 is 0 Å². The molecule has 0 bridgehead atoms. The zero-order valence-electron chi connectivity index (χ0n) is 13.6. The zero-order valence-corrected chi connectivity index (χ0v) is 15.2. The summed E-state index contributed by atoms with van der Waals surface area (Å²) < 4.78 is 5.43. The number of benzene rings is 2. The Bertz CT molecular complexity index is 665. The Morgan fingerprint density at radius 2 is 1.80 bits per heavy atom. The van der Waals surface area contributed by atoms with Crippen molar-refractivity contribution in [1.82, 2.24) is 5.32 Å². The Labute approximate surface area is 157 Å². The van der Waals surface area contributed by atoms with Gasteiger partial charge in [0.1, 0.15) is 18.5 Å². The first-order valence-electron chi connectivity index (χ1n) is 7.50. The van der Waals surface area contributed by atoms with E-state index in [9.17, 15) is 15.2 Å². The zero-order chi connectivity index (χ0) is 17.5. The van der Waals surface area contributed by atoms with Crippen molar-refractivity contribution in [2.24, 2.45) is 0 Å². The molecule has 2 rings (SSSR count). The molecule has 0 amide bonds. The highest BCUT2D eigenvalue weighted by molar-refractivity contribution is 6.30. The second-order valence-corrected chi connectivity index (χ2v) is 5.83. The second-order valence-electron chi connectivity index (χ2n) is 5.40. The Balaban J connectivity index is 0.00000312. The van der Waals surface area contributed by atoms with Gasteiger partial charge in [0.25, 0.3) is 5.69 Å². The second kappa shape index (κ2) is 10.2. The SMILES string of the molecule is CC(NCC(O)COc1ccc([N+](=O)[O-])cc1)c1ccc(Cl)cc1.Cl. The predicted octanol–water partition coefficient (Wildman–Crippen LogP) is 3.76. The number of nitro benzene ring substituents is 1. The van der Waals surface area contributed by atoms with Crippen LogP contribution < -0.4 is 10.1 Å². The monoisotopic (exact) mass is 386 g/mol. The maximum atomic E-state index is 10.6. The van der Waals surface area contributed by atoms with Crippen LogP contribution >= 0.6 is 24.0 Å². The van der Waals surface area contributed by atoms with Crippen LogP contribution in [-0.2, 0) is 0 Å². The largest absolute Gasteiger partial charge is 0.491 e. The first-order valence-corrected chi connectivity index (χ1v) is 7.87. The Morgan fingerprint density at radius 3 is 2.36 bits per heavy atom. The Hall–Kier alpha value is -1.86. The molecule has 0 spiro atoms. The minimum absolute atomic E-state index is 0. The third-order valence-electron chi connectivity index (χ3n) is 3.52. The van der Waals surface area contributed by atoms with E-state index in [2.05, 4.69) is 5.32 Å². The van der Waals surface area contributed by atoms with Gasteiger partial charge < -0.3 is 15.2 Å². The molecule has 8 heteroatoms. The van der Waals surface area contributed by atoms with Crippen LogP contribution in [0.3, 0.4) is 0 Å². The summed E-state index contributed by atoms with van der Waals surface area (Å²) in [6, 6.07) is 13.3. The summed E-state index contributed by atoms with van der Waals surface area (Å²) >= 11 is 5.86. The number of halogens is 2. The van der Waals surface area contributed by atoms with Crippen molar-refractivity contribution in [2.75, 3.05) is 13.2 Å². The highest BCUT2D eigenvalue weighted by Gasteiger charge is 2.10. The summed E-state index contributed by atoms with van der Waals surface area (Å²) in [6.07, 6.45) is -0.699. The fraction of sp³-hybridized carbons (Fsp3) is 0.294. The lowest BCUT2D eigenvalue weighted by Crippen LogP contribution is -2.33. The number of aliphatic hydroxyl groups is 1. The molecule has 0 saturated heterocycles. The molecule has 2 aromatic carbocycles. The van der Waals surface area contributed by atoms with Crippen LogP contribution in [0, 0.1) is 10.1 Å². The number of non-ortho nitro benzene ring substituents is 1. The van der Waals surface area contributed by atoms with Gasteiger partial charge in [-0.05, 0) is 36.8 Å². The summed E-state index contributed by atoms with van der Waals surface area (Å²) in [5, 5.41) is 24.4. The minimum Gasteiger partial charge on any atom is -0.491 e. The molecular weight excluding hydrogens is 367 g/mol. The number of nitrogens with zero attached hydrogens (tertiary/aromatic N) is 1. The Morgan fingerprint density at radius 1 is 1.20 bits per heavy atom. The number of nitrogens with one attached hydrogen (secondary N) is 1. The third kappa shape index (κ3) is 6.88. The number of ether oxygens (including phenoxy) is 1. The first kappa shape index (κ1) is 21.2. The molecule has 136 valence electrons. The van der Waals surface area contributed by atoms with Crippen LogP contribution in [-0.4, -0.2) is 29.3 Å². The number of rotatable bonds is 8. The molecule has 6 nitrogen and oxygen atoms in total. The highest BCUT2D eigenvalue weighted by Crippen LogP contribution is 2.18. The molecule has 25 heavy (non-hydrogen) atoms. The number of aliphatic hydroxyl groups excluding tert-OH is 1. The summed E-state index contributed by atoms with van der Waals surface area (Å²) in [5.74, 6) is 0.477. The van der Waals surface area contributed by atoms with Gasteiger partial charge in [0.15, 0.2) is 0 Å². The van der Waals surface area contributed by atoms with Crippen LogP contribution in [0.15, 0.2) is 48.5 Å². The van der Waals surface area contributed by atoms with E-state index in [0.717, 1.165) is 5.56 Å². The molecular formula is C17H20Cl2N2O4. The van der Waals surface area contributed by atoms with Crippen molar-refractivity contribution in [1.29, 1.82) is 0 Å². The van der Waals surface area contributed by atoms with Crippen LogP contribution in [0.2, 0.25) is 5.02 Å². The first-order chi connectivity index (χ1) is 11.5. The van der Waals surface area contributed by atoms with Crippen molar-refractivity contribution in [3.8, 4) is 5.75 Å². The quantitative estimate of drug-likeness (QED) is 0.532. The third-order valence-corrected chi connectivity index (χ3v) is 3.77. The summed E-state index contributed by atoms with van der Waals surface area (Å²) in [5.41, 5.74) is 1.07. The summed E-state index contributed by atoms with van der Waals surface area (Å²) in [4.78, 5) is 10.1. The molecule has 2 N–H and O–H groups in total. The fourth-order valence-corrected chi connectivity index (χ4v) is 2.22. The lowest BCUT2D eigenvalue weighted by Gasteiger charge is -2.18. The van der Waals surface area contributed by atoms with E-state index in [1.807, 2.05) is 31.2 Å². The molecule has 0 radical (unpaired) electrons. The van der Waals surface area contributed by atoms with Gasteiger partial charge in [-0.3, -0.25) is 10.1 Å². The topological polar surface area (TPSA) is 84.6 Å². The standard InChI is InChI=1S/C17H19ClN2O4.ClH/c1-12(13-2-4-14(18)5-3-13)19-10-16(21)11-24-17-8-6-15(7-9-17)20(22)23;/h2-9,12,16,19,21H,10-11H2,1H3;1H. The highest BCUT2D eigenvalue weighted by atomic mass is 35.5. The number of hydrogen-bond acceptors (Lipinski definition) is 5. The fourth-order valence-electron chi connectivity index (χ4n) is 2.10. The van der Waals surface area contributed by atoms with E-state index >= 15 is 0 Å². The minimum atomic E-state index is -0.699. The molecule has 2 unspecified atom stereocenters. The average molecular weight is 387 g/mol. The molecule has 2 aromatic rings. The number of nitro groups is 1. The maximum Gasteiger partial charge on any atom is 0.269 e. The van der Waals surface area contributed by atoms with Gasteiger partial charge in [-0.1, -0.05) is 23.7 Å². The molecule has 0 aliphatic carbocycles. The molecule has 0 heterocycles. The predicted molar refractivity (Wildman–Crippen MR) is 99.7 cm³/mol. The molecule has 0 saturated carbocycles. The van der Waals surface area contributed by atoms with Gasteiger partial charge in [-0.15, -0.1) is 12.4 Å². The average Bonchev–Trinajstić information content (AvgIpc) is 2.58. The lowest BCUT2D eigenvalue weighted by molar-refractivity contribution is -0.384. The normalized spacial score (nSPS) is 12.8. The van der Waals surface area contributed by atoms with Gasteiger partial charge in [-0.2, -0.15) is 0 Å². The summed E-state index contributed by atoms with van der Waals surface area (Å²) in [6.45, 7) is 2.45. The van der Waals surface area contributed by atoms with Crippen LogP contribution in [0.4, 0.5) is 5.69 Å². The van der Waals surface area contributed by atoms with Gasteiger partial charge in [0.05, 0.1) is 4.92 Å². The van der Waals surface area contributed by atoms with Crippen LogP contribution in [0.25, 0.3) is 0 Å². The van der Waals surface area contributed by atoms with Gasteiger partial charge in [-0.25, -0.2) is 0 Å². The van der Waals surface area contributed by atoms with Crippen molar-refractivity contribution in [3.63, 3.8) is 0 Å². The van der Waals surface area contributed by atoms with Gasteiger partial charge in [0.2, 0.25) is 0 Å². The van der Waals surface area contributed by atoms with E-state index < -0.39 is 11.0 Å². The molecule has 0 aliphatic heterocycles. The summed E-state index contributed by atoms with van der Waals surface area (Å²) in [7, 11) is 0. The van der Waals surface area contributed by atoms with Crippen molar-refractivity contribution in [3.05, 3.63) is 69.2 Å². The van der Waals surface area contributed by atoms with E-state index in [1.54, 1.807) is 0 Å². The van der Waals surface area contributed by atoms with Crippen LogP contribution in [0.1, 0.15) is 18.5 Å². The molecule has 0 fully saturated rings. The molecule has 2 atom stereocenters. The van der Waals surface area contributed by atoms with Crippen molar-refractivity contribution in [2.45, 2.75) is 19.1 Å². The van der Waals surface area contributed by atoms with E-state index in [0.29, 0.717) is 17.3 Å². The molecule has 0 aromatic heterocycles.